The topological polar surface area (TPSA) is 95.1 Å². The quantitative estimate of drug-likeness (QED) is 0.457. The third kappa shape index (κ3) is 4.17. The second-order valence-corrected chi connectivity index (χ2v) is 7.08. The van der Waals surface area contributed by atoms with Crippen LogP contribution in [-0.2, 0) is 4.79 Å². The average molecular weight is 434 g/mol. The number of rotatable bonds is 6. The summed E-state index contributed by atoms with van der Waals surface area (Å²) in [6.45, 7) is 0. The molecule has 134 valence electrons. The molecule has 0 atom stereocenters. The van der Waals surface area contributed by atoms with Crippen molar-refractivity contribution in [1.82, 2.24) is 14.9 Å². The largest absolute Gasteiger partial charge is 0.496 e. The van der Waals surface area contributed by atoms with Gasteiger partial charge in [-0.25, -0.2) is 4.68 Å². The number of ether oxygens (including phenoxy) is 1. The standard InChI is InChI=1S/C17H16BrN5O2S/c1-25-14-8-3-2-7-13(14)16-21-22-17(23(16)19)26-10-15(24)20-12-6-4-5-11(18)9-12/h2-9H,10,19H2,1H3,(H,20,24). The number of para-hydroxylation sites is 1. The smallest absolute Gasteiger partial charge is 0.234 e. The number of amides is 1. The van der Waals surface area contributed by atoms with Crippen molar-refractivity contribution in [2.75, 3.05) is 24.0 Å². The van der Waals surface area contributed by atoms with E-state index in [0.29, 0.717) is 22.4 Å². The van der Waals surface area contributed by atoms with Crippen molar-refractivity contribution < 1.29 is 9.53 Å². The number of nitrogens with one attached hydrogen (secondary N) is 1. The summed E-state index contributed by atoms with van der Waals surface area (Å²) < 4.78 is 7.58. The Balaban J connectivity index is 1.68. The Morgan fingerprint density at radius 1 is 1.27 bits per heavy atom. The summed E-state index contributed by atoms with van der Waals surface area (Å²) in [7, 11) is 1.58. The molecule has 3 rings (SSSR count). The lowest BCUT2D eigenvalue weighted by molar-refractivity contribution is -0.113. The van der Waals surface area contributed by atoms with Gasteiger partial charge in [0.1, 0.15) is 5.75 Å². The Hall–Kier alpha value is -2.52. The minimum absolute atomic E-state index is 0.157. The van der Waals surface area contributed by atoms with Crippen LogP contribution < -0.4 is 15.9 Å². The second kappa shape index (κ2) is 8.24. The molecule has 0 spiro atoms. The van der Waals surface area contributed by atoms with Gasteiger partial charge in [0.15, 0.2) is 5.82 Å². The van der Waals surface area contributed by atoms with Crippen LogP contribution >= 0.6 is 27.7 Å². The highest BCUT2D eigenvalue weighted by Gasteiger charge is 2.16. The van der Waals surface area contributed by atoms with Crippen molar-refractivity contribution in [1.29, 1.82) is 0 Å². The molecule has 1 amide bonds. The van der Waals surface area contributed by atoms with Crippen molar-refractivity contribution >= 4 is 39.3 Å². The van der Waals surface area contributed by atoms with Crippen LogP contribution in [-0.4, -0.2) is 33.6 Å². The number of hydrogen-bond donors (Lipinski definition) is 2. The van der Waals surface area contributed by atoms with Crippen LogP contribution in [0.25, 0.3) is 11.4 Å². The maximum absolute atomic E-state index is 12.1. The molecule has 1 heterocycles. The van der Waals surface area contributed by atoms with Crippen molar-refractivity contribution in [2.24, 2.45) is 0 Å². The van der Waals surface area contributed by atoms with Crippen LogP contribution in [0.4, 0.5) is 5.69 Å². The monoisotopic (exact) mass is 433 g/mol. The minimum Gasteiger partial charge on any atom is -0.496 e. The zero-order valence-electron chi connectivity index (χ0n) is 13.8. The number of carbonyl (C=O) groups is 1. The third-order valence-corrected chi connectivity index (χ3v) is 4.89. The summed E-state index contributed by atoms with van der Waals surface area (Å²) in [4.78, 5) is 12.1. The molecular weight excluding hydrogens is 418 g/mol. The molecule has 7 nitrogen and oxygen atoms in total. The van der Waals surface area contributed by atoms with E-state index in [0.717, 1.165) is 10.0 Å². The van der Waals surface area contributed by atoms with Crippen molar-refractivity contribution in [3.8, 4) is 17.1 Å². The van der Waals surface area contributed by atoms with Gasteiger partial charge in [-0.2, -0.15) is 0 Å². The molecule has 9 heteroatoms. The zero-order valence-corrected chi connectivity index (χ0v) is 16.3. The molecule has 0 fully saturated rings. The third-order valence-electron chi connectivity index (χ3n) is 3.45. The number of nitrogens with zero attached hydrogens (tertiary/aromatic N) is 3. The lowest BCUT2D eigenvalue weighted by atomic mass is 10.2. The van der Waals surface area contributed by atoms with E-state index in [1.54, 1.807) is 7.11 Å². The minimum atomic E-state index is -0.157. The summed E-state index contributed by atoms with van der Waals surface area (Å²) in [6, 6.07) is 14.8. The molecule has 0 aliphatic heterocycles. The Labute approximate surface area is 163 Å². The van der Waals surface area contributed by atoms with Crippen molar-refractivity contribution in [2.45, 2.75) is 5.16 Å². The molecule has 0 aliphatic carbocycles. The SMILES string of the molecule is COc1ccccc1-c1nnc(SCC(=O)Nc2cccc(Br)c2)n1N. The highest BCUT2D eigenvalue weighted by atomic mass is 79.9. The number of nitrogen functional groups attached to an aromatic ring is 1. The molecule has 0 saturated heterocycles. The van der Waals surface area contributed by atoms with Crippen LogP contribution in [0.15, 0.2) is 58.2 Å². The van der Waals surface area contributed by atoms with E-state index in [9.17, 15) is 4.79 Å². The Morgan fingerprint density at radius 3 is 2.85 bits per heavy atom. The van der Waals surface area contributed by atoms with Gasteiger partial charge in [0.2, 0.25) is 11.1 Å². The number of halogens is 1. The molecule has 2 aromatic carbocycles. The number of methoxy groups -OCH3 is 1. The first-order chi connectivity index (χ1) is 12.6. The van der Waals surface area contributed by atoms with Gasteiger partial charge in [-0.05, 0) is 30.3 Å². The van der Waals surface area contributed by atoms with E-state index in [1.165, 1.54) is 16.4 Å². The molecule has 0 radical (unpaired) electrons. The van der Waals surface area contributed by atoms with Crippen LogP contribution in [0.3, 0.4) is 0 Å². The maximum Gasteiger partial charge on any atom is 0.234 e. The number of nitrogens with two attached hydrogens (primary N) is 1. The van der Waals surface area contributed by atoms with Gasteiger partial charge >= 0.3 is 0 Å². The van der Waals surface area contributed by atoms with Crippen molar-refractivity contribution in [3.63, 3.8) is 0 Å². The van der Waals surface area contributed by atoms with E-state index >= 15 is 0 Å². The zero-order chi connectivity index (χ0) is 18.5. The van der Waals surface area contributed by atoms with Gasteiger partial charge in [0.05, 0.1) is 18.4 Å². The molecule has 26 heavy (non-hydrogen) atoms. The average Bonchev–Trinajstić information content (AvgIpc) is 3.00. The van der Waals surface area contributed by atoms with Crippen LogP contribution in [0.1, 0.15) is 0 Å². The van der Waals surface area contributed by atoms with Gasteiger partial charge in [-0.1, -0.05) is 45.9 Å². The number of hydrogen-bond acceptors (Lipinski definition) is 6. The van der Waals surface area contributed by atoms with Gasteiger partial charge in [-0.15, -0.1) is 10.2 Å². The maximum atomic E-state index is 12.1. The molecule has 0 bridgehead atoms. The summed E-state index contributed by atoms with van der Waals surface area (Å²) in [5.74, 6) is 7.22. The molecule has 1 aromatic heterocycles. The van der Waals surface area contributed by atoms with E-state index in [2.05, 4.69) is 31.4 Å². The number of thioether (sulfide) groups is 1. The molecule has 0 saturated carbocycles. The molecule has 3 aromatic rings. The molecular formula is C17H16BrN5O2S. The van der Waals surface area contributed by atoms with Gasteiger partial charge in [-0.3, -0.25) is 4.79 Å². The first-order valence-corrected chi connectivity index (χ1v) is 9.38. The lowest BCUT2D eigenvalue weighted by Gasteiger charge is -2.08. The van der Waals surface area contributed by atoms with E-state index in [1.807, 2.05) is 48.5 Å². The number of carbonyl (C=O) groups excluding carboxylic acids is 1. The number of aromatic nitrogens is 3. The van der Waals surface area contributed by atoms with Gasteiger partial charge in [0.25, 0.3) is 0 Å². The lowest BCUT2D eigenvalue weighted by Crippen LogP contribution is -2.16. The van der Waals surface area contributed by atoms with E-state index in [-0.39, 0.29) is 11.7 Å². The highest BCUT2D eigenvalue weighted by Crippen LogP contribution is 2.29. The Morgan fingerprint density at radius 2 is 2.08 bits per heavy atom. The van der Waals surface area contributed by atoms with E-state index < -0.39 is 0 Å². The van der Waals surface area contributed by atoms with Crippen LogP contribution in [0.2, 0.25) is 0 Å². The molecule has 3 N–H and O–H groups in total. The highest BCUT2D eigenvalue weighted by molar-refractivity contribution is 9.10. The summed E-state index contributed by atoms with van der Waals surface area (Å²) in [5, 5.41) is 11.4. The summed E-state index contributed by atoms with van der Waals surface area (Å²) >= 11 is 4.58. The Bertz CT molecular complexity index is 931. The predicted octanol–water partition coefficient (Wildman–Crippen LogP) is 3.16. The normalized spacial score (nSPS) is 10.5. The van der Waals surface area contributed by atoms with Gasteiger partial charge in [0, 0.05) is 10.2 Å². The summed E-state index contributed by atoms with van der Waals surface area (Å²) in [5.41, 5.74) is 1.45. The van der Waals surface area contributed by atoms with Crippen molar-refractivity contribution in [3.05, 3.63) is 53.0 Å². The first kappa shape index (κ1) is 18.3. The van der Waals surface area contributed by atoms with Gasteiger partial charge < -0.3 is 15.9 Å². The fourth-order valence-corrected chi connectivity index (χ4v) is 3.34. The fraction of sp³-hybridized carbons (Fsp3) is 0.118. The number of benzene rings is 2. The predicted molar refractivity (Wildman–Crippen MR) is 106 cm³/mol. The molecule has 0 unspecified atom stereocenters. The van der Waals surface area contributed by atoms with Crippen LogP contribution in [0, 0.1) is 0 Å². The first-order valence-electron chi connectivity index (χ1n) is 7.60. The fourth-order valence-electron chi connectivity index (χ4n) is 2.28. The molecule has 0 aliphatic rings. The number of anilines is 1. The van der Waals surface area contributed by atoms with E-state index in [4.69, 9.17) is 10.6 Å². The van der Waals surface area contributed by atoms with Crippen LogP contribution in [0.5, 0.6) is 5.75 Å². The second-order valence-electron chi connectivity index (χ2n) is 5.22. The summed E-state index contributed by atoms with van der Waals surface area (Å²) in [6.07, 6.45) is 0. The Kier molecular flexibility index (Phi) is 5.79.